The average molecular weight is 1520 g/mol. The molecule has 10 heterocycles. The van der Waals surface area contributed by atoms with Gasteiger partial charge in [0, 0.05) is 236 Å². The lowest BCUT2D eigenvalue weighted by atomic mass is 9.84. The molecule has 19 heteroatoms. The Labute approximate surface area is 674 Å². The van der Waals surface area contributed by atoms with Crippen molar-refractivity contribution in [2.75, 3.05) is 0 Å². The summed E-state index contributed by atoms with van der Waals surface area (Å²) in [6, 6.07) is 52.7. The van der Waals surface area contributed by atoms with Gasteiger partial charge in [0.1, 0.15) is 83.4 Å². The van der Waals surface area contributed by atoms with Crippen LogP contribution in [-0.2, 0) is 40.7 Å². The number of imidazole rings is 5. The Morgan fingerprint density at radius 1 is 0.322 bits per heavy atom. The van der Waals surface area contributed by atoms with Gasteiger partial charge in [-0.2, -0.15) is 9.13 Å². The van der Waals surface area contributed by atoms with Crippen molar-refractivity contribution >= 4 is 27.2 Å². The minimum Gasteiger partial charge on any atom is -0.334 e. The normalized spacial score (nSPS) is 11.1. The first-order valence-electron chi connectivity index (χ1n) is 38.5. The van der Waals surface area contributed by atoms with Crippen molar-refractivity contribution in [3.8, 4) is 85.4 Å². The van der Waals surface area contributed by atoms with Crippen LogP contribution in [0.4, 0.5) is 5.69 Å². The zero-order valence-corrected chi connectivity index (χ0v) is 69.3. The highest BCUT2D eigenvalue weighted by Gasteiger charge is 2.28. The number of hydrogen-bond donors (Lipinski definition) is 0. The van der Waals surface area contributed by atoms with E-state index in [0.717, 1.165) is 80.3 Å². The topological polar surface area (TPSA) is 152 Å². The van der Waals surface area contributed by atoms with E-state index in [4.69, 9.17) is 6.57 Å². The smallest absolute Gasteiger partial charge is 0.300 e. The van der Waals surface area contributed by atoms with Crippen LogP contribution >= 0.6 is 0 Å². The molecule has 574 valence electrons. The summed E-state index contributed by atoms with van der Waals surface area (Å²) in [5.74, 6) is 7.63. The molecule has 0 saturated carbocycles. The minimum atomic E-state index is 0.0546. The predicted molar refractivity (Wildman–Crippen MR) is 456 cm³/mol. The predicted octanol–water partition coefficient (Wildman–Crippen LogP) is 17.6. The Kier molecular flexibility index (Phi) is 23.4. The first kappa shape index (κ1) is 79.2. The molecule has 0 spiro atoms. The van der Waals surface area contributed by atoms with Crippen LogP contribution in [0.25, 0.3) is 112 Å². The van der Waals surface area contributed by atoms with Gasteiger partial charge in [-0.25, -0.2) is 43.5 Å². The van der Waals surface area contributed by atoms with Gasteiger partial charge >= 0.3 is 0 Å². The molecule has 17 aromatic rings. The first-order valence-corrected chi connectivity index (χ1v) is 38.5. The van der Waals surface area contributed by atoms with Gasteiger partial charge in [-0.1, -0.05) is 90.3 Å². The number of rotatable bonds is 10. The third kappa shape index (κ3) is 16.6. The molecule has 19 nitrogen and oxygen atoms in total. The fourth-order valence-corrected chi connectivity index (χ4v) is 14.9. The summed E-state index contributed by atoms with van der Waals surface area (Å²) in [7, 11) is 10.1. The molecule has 0 aliphatic rings. The third-order valence-electron chi connectivity index (χ3n) is 21.3. The molecule has 17 rings (SSSR count). The highest BCUT2D eigenvalue weighted by molar-refractivity contribution is 5.99. The number of pyridine rings is 2. The van der Waals surface area contributed by atoms with E-state index in [2.05, 4.69) is 286 Å². The largest absolute Gasteiger partial charge is 0.334 e. The Balaban J connectivity index is 0.000000125. The number of nitrogens with zero attached hydrogens (tertiary/aromatic N) is 19. The molecule has 7 aromatic carbocycles. The van der Waals surface area contributed by atoms with Gasteiger partial charge in [0.2, 0.25) is 11.4 Å². The van der Waals surface area contributed by atoms with Crippen molar-refractivity contribution in [3.63, 3.8) is 0 Å². The van der Waals surface area contributed by atoms with Crippen LogP contribution in [0.15, 0.2) is 263 Å². The van der Waals surface area contributed by atoms with E-state index < -0.39 is 0 Å². The van der Waals surface area contributed by atoms with Crippen LogP contribution in [0.1, 0.15) is 88.6 Å². The Hall–Kier alpha value is -13.9. The Bertz CT molecular complexity index is 6460. The molecular weight excluding hydrogens is 1420 g/mol. The minimum absolute atomic E-state index is 0.0546. The van der Waals surface area contributed by atoms with Gasteiger partial charge in [-0.05, 0) is 123 Å². The zero-order chi connectivity index (χ0) is 81.5. The van der Waals surface area contributed by atoms with E-state index >= 15 is 0 Å². The summed E-state index contributed by atoms with van der Waals surface area (Å²) in [6.07, 6.45) is 34.7. The van der Waals surface area contributed by atoms with E-state index in [9.17, 15) is 0 Å². The number of hydrogen-bond acceptors (Lipinski definition) is 8. The monoisotopic (exact) mass is 1520 g/mol. The molecule has 0 amide bonds. The maximum Gasteiger partial charge on any atom is 0.300 e. The van der Waals surface area contributed by atoms with E-state index in [-0.39, 0.29) is 5.41 Å². The van der Waals surface area contributed by atoms with Crippen molar-refractivity contribution in [2.45, 2.75) is 102 Å². The second-order valence-corrected chi connectivity index (χ2v) is 30.2. The fraction of sp³-hybridized carbons (Fsp3) is 0.208. The van der Waals surface area contributed by atoms with Crippen molar-refractivity contribution in [1.82, 2.24) is 62.7 Å². The van der Waals surface area contributed by atoms with Gasteiger partial charge in [0.15, 0.2) is 29.5 Å². The standard InChI is InChI=1S/2C21H20N3.C20H25N4.C17H16N5.C17H19N4/c1-15-8-6-7-12-24(15)19-14-17-9-4-5-10-18(17)20(16(19)2)21-22-11-13-23(21)3;1-15-8-6-7-12-24(15)20-16(2)19(21-22-11-13-23(21)3)14-17-9-4-5-10-18(17)20;1-14-17(19-22-9-11-23(19)6)12-16(20(3,4)5)13-18(14)24-10-7-8-21-15(24)2;1-12-15(17-20-7-9-21(17)4)10-14(18-3)11-16(12)22-8-5-6-19-13(22)2;1-12-10-15(17-19-7-9-20(17)4)13(2)16(11-12)21-8-5-6-18-14(21)3/h2*4-14H,1-3H3;7-13H,1-6H3;5-11H,1-2,4H3;5-11H,1-4H3/q5*+1. The summed E-state index contributed by atoms with van der Waals surface area (Å²) in [5, 5.41) is 4.95. The number of fused-ring (bicyclic) bond motifs is 2. The maximum absolute atomic E-state index is 7.38. The van der Waals surface area contributed by atoms with Crippen LogP contribution in [0.3, 0.4) is 0 Å². The third-order valence-corrected chi connectivity index (χ3v) is 21.3. The molecule has 0 N–H and O–H groups in total. The molecule has 0 unspecified atom stereocenters. The lowest BCUT2D eigenvalue weighted by Gasteiger charge is -2.22. The van der Waals surface area contributed by atoms with Crippen LogP contribution in [0.2, 0.25) is 0 Å². The van der Waals surface area contributed by atoms with Crippen molar-refractivity contribution in [2.24, 2.45) is 35.2 Å². The van der Waals surface area contributed by atoms with E-state index in [0.29, 0.717) is 5.69 Å². The number of benzene rings is 7. The lowest BCUT2D eigenvalue weighted by molar-refractivity contribution is -0.607. The summed E-state index contributed by atoms with van der Waals surface area (Å²) in [4.78, 5) is 39.4. The van der Waals surface area contributed by atoms with Gasteiger partial charge in [0.05, 0.1) is 12.0 Å². The highest BCUT2D eigenvalue weighted by Crippen LogP contribution is 2.37. The Morgan fingerprint density at radius 2 is 0.696 bits per heavy atom. The van der Waals surface area contributed by atoms with Gasteiger partial charge in [0.25, 0.3) is 17.5 Å². The van der Waals surface area contributed by atoms with E-state index in [1.54, 1.807) is 12.4 Å². The second kappa shape index (κ2) is 34.0. The first-order chi connectivity index (χ1) is 55.3. The van der Waals surface area contributed by atoms with E-state index in [1.807, 2.05) is 188 Å². The number of aryl methyl sites for hydroxylation is 11. The second-order valence-electron chi connectivity index (χ2n) is 30.2. The molecule has 115 heavy (non-hydrogen) atoms. The quantitative estimate of drug-likeness (QED) is 0.0969. The lowest BCUT2D eigenvalue weighted by Crippen LogP contribution is -2.36. The molecule has 0 bridgehead atoms. The molecule has 0 atom stereocenters. The van der Waals surface area contributed by atoms with Crippen LogP contribution in [0.5, 0.6) is 0 Å². The average Bonchev–Trinajstić information content (AvgIpc) is 1.55. The maximum atomic E-state index is 7.38. The zero-order valence-electron chi connectivity index (χ0n) is 69.3. The molecule has 0 saturated heterocycles. The molecule has 0 fully saturated rings. The summed E-state index contributed by atoms with van der Waals surface area (Å²) in [5.41, 5.74) is 22.9. The number of aromatic nitrogens is 18. The van der Waals surface area contributed by atoms with Crippen LogP contribution in [-0.4, -0.2) is 62.7 Å². The van der Waals surface area contributed by atoms with Crippen molar-refractivity contribution in [1.29, 1.82) is 0 Å². The van der Waals surface area contributed by atoms with E-state index in [1.165, 1.54) is 94.4 Å². The van der Waals surface area contributed by atoms with Gasteiger partial charge in [-0.15, -0.1) is 0 Å². The summed E-state index contributed by atoms with van der Waals surface area (Å²) >= 11 is 0. The molecular formula is C96H100N19+5. The highest BCUT2D eigenvalue weighted by atomic mass is 15.1. The Morgan fingerprint density at radius 3 is 1.13 bits per heavy atom. The molecule has 0 radical (unpaired) electrons. The van der Waals surface area contributed by atoms with Crippen molar-refractivity contribution in [3.05, 3.63) is 342 Å². The molecule has 0 aliphatic heterocycles. The fourth-order valence-electron chi connectivity index (χ4n) is 14.9. The molecule has 10 aromatic heterocycles. The summed E-state index contributed by atoms with van der Waals surface area (Å²) < 4.78 is 21.0. The van der Waals surface area contributed by atoms with Crippen molar-refractivity contribution < 1.29 is 22.8 Å². The SMILES string of the molecule is Cc1c(-[n+]2ccccc2C)cc2ccccc2c1-c1nccn1C.Cc1c(-c2nccn2C)cc(C(C)(C)C)cc1-[n+]1cccnc1C.Cc1c(-c2nccn2C)cc2ccccc2c1-[n+]1ccccc1C.Cc1cc(-c2nccn2C)c(C)c(-[n+]2cccnc2C)c1.[C-]#[N+]c1cc(-c2nccn2C)c(C)c(-[n+]2cccnc2C)c1. The summed E-state index contributed by atoms with van der Waals surface area (Å²) in [6.45, 7) is 37.2. The molecule has 0 aliphatic carbocycles. The van der Waals surface area contributed by atoms with Gasteiger partial charge in [-0.3, -0.25) is 0 Å². The van der Waals surface area contributed by atoms with Crippen LogP contribution in [0, 0.1) is 82.7 Å². The van der Waals surface area contributed by atoms with Crippen LogP contribution < -0.4 is 22.8 Å². The van der Waals surface area contributed by atoms with Gasteiger partial charge < -0.3 is 22.8 Å².